The van der Waals surface area contributed by atoms with Gasteiger partial charge < -0.3 is 15.0 Å². The predicted molar refractivity (Wildman–Crippen MR) is 117 cm³/mol. The Labute approximate surface area is 179 Å². The van der Waals surface area contributed by atoms with E-state index < -0.39 is 5.60 Å². The van der Waals surface area contributed by atoms with Gasteiger partial charge in [0.15, 0.2) is 0 Å². The lowest BCUT2D eigenvalue weighted by Crippen LogP contribution is -2.55. The molecular formula is C22H34N6O2. The molecule has 0 bridgehead atoms. The maximum atomic E-state index is 12.8. The van der Waals surface area contributed by atoms with Crippen LogP contribution < -0.4 is 5.32 Å². The van der Waals surface area contributed by atoms with Gasteiger partial charge in [-0.25, -0.2) is 14.8 Å². The van der Waals surface area contributed by atoms with Gasteiger partial charge in [-0.3, -0.25) is 4.68 Å². The predicted octanol–water partition coefficient (Wildman–Crippen LogP) is 4.25. The quantitative estimate of drug-likeness (QED) is 0.787. The smallest absolute Gasteiger partial charge is 0.410 e. The molecule has 0 aromatic carbocycles. The number of amides is 1. The Balaban J connectivity index is 1.68. The van der Waals surface area contributed by atoms with E-state index in [1.165, 1.54) is 0 Å². The minimum absolute atomic E-state index is 0.130. The van der Waals surface area contributed by atoms with E-state index >= 15 is 0 Å². The number of carbonyl (C=O) groups excluding carboxylic acids is 1. The van der Waals surface area contributed by atoms with Crippen LogP contribution in [0.3, 0.4) is 0 Å². The van der Waals surface area contributed by atoms with Crippen molar-refractivity contribution in [3.63, 3.8) is 0 Å². The molecule has 30 heavy (non-hydrogen) atoms. The van der Waals surface area contributed by atoms with Gasteiger partial charge >= 0.3 is 6.09 Å². The first kappa shape index (κ1) is 22.1. The number of piperidine rings is 1. The number of hydrogen-bond donors (Lipinski definition) is 1. The van der Waals surface area contributed by atoms with Crippen LogP contribution in [0.25, 0.3) is 11.1 Å². The Hall–Kier alpha value is -2.64. The van der Waals surface area contributed by atoms with Crippen LogP contribution in [0, 0.1) is 0 Å². The van der Waals surface area contributed by atoms with Gasteiger partial charge in [-0.1, -0.05) is 13.8 Å². The van der Waals surface area contributed by atoms with E-state index in [4.69, 9.17) is 4.74 Å². The molecule has 2 aromatic rings. The summed E-state index contributed by atoms with van der Waals surface area (Å²) in [6.07, 6.45) is 10.6. The monoisotopic (exact) mass is 414 g/mol. The average Bonchev–Trinajstić information content (AvgIpc) is 3.12. The zero-order valence-corrected chi connectivity index (χ0v) is 18.9. The standard InChI is InChI=1S/C22H34N6O2/c1-7-18-9-17(10-19(8-2)28(18)21(29)30-22(3,4)5)26-20-23-11-15(12-24-20)16-13-25-27(6)14-16/h11-14,17-19H,7-10H2,1-6H3,(H,23,24,26)/t17?,18-,19+. The second-order valence-electron chi connectivity index (χ2n) is 9.02. The number of carbonyl (C=O) groups is 1. The molecule has 1 aliphatic rings. The van der Waals surface area contributed by atoms with E-state index in [0.717, 1.165) is 36.8 Å². The fourth-order valence-electron chi connectivity index (χ4n) is 4.04. The lowest BCUT2D eigenvalue weighted by atomic mass is 9.89. The van der Waals surface area contributed by atoms with E-state index in [-0.39, 0.29) is 24.2 Å². The molecular weight excluding hydrogens is 380 g/mol. The third-order valence-electron chi connectivity index (χ3n) is 5.47. The number of nitrogens with one attached hydrogen (secondary N) is 1. The SMILES string of the molecule is CC[C@@H]1CC(Nc2ncc(-c3cnn(C)c3)cn2)C[C@H](CC)N1C(=O)OC(C)(C)C. The summed E-state index contributed by atoms with van der Waals surface area (Å²) in [7, 11) is 1.89. The van der Waals surface area contributed by atoms with Crippen molar-refractivity contribution < 1.29 is 9.53 Å². The van der Waals surface area contributed by atoms with Gasteiger partial charge in [-0.15, -0.1) is 0 Å². The van der Waals surface area contributed by atoms with Crippen LogP contribution in [0.2, 0.25) is 0 Å². The zero-order valence-electron chi connectivity index (χ0n) is 18.9. The van der Waals surface area contributed by atoms with Crippen LogP contribution in [0.5, 0.6) is 0 Å². The van der Waals surface area contributed by atoms with Crippen molar-refractivity contribution >= 4 is 12.0 Å². The van der Waals surface area contributed by atoms with Crippen LogP contribution in [0.15, 0.2) is 24.8 Å². The van der Waals surface area contributed by atoms with Crippen LogP contribution in [0.4, 0.5) is 10.7 Å². The molecule has 3 rings (SSSR count). The highest BCUT2D eigenvalue weighted by Gasteiger charge is 2.39. The van der Waals surface area contributed by atoms with Gasteiger partial charge in [0, 0.05) is 54.9 Å². The van der Waals surface area contributed by atoms with Crippen molar-refractivity contribution in [2.75, 3.05) is 5.32 Å². The van der Waals surface area contributed by atoms with E-state index in [1.54, 1.807) is 10.9 Å². The number of rotatable bonds is 5. The van der Waals surface area contributed by atoms with Gasteiger partial charge in [-0.05, 0) is 46.5 Å². The molecule has 0 spiro atoms. The maximum Gasteiger partial charge on any atom is 0.410 e. The number of anilines is 1. The molecule has 8 heteroatoms. The topological polar surface area (TPSA) is 85.2 Å². The van der Waals surface area contributed by atoms with Crippen molar-refractivity contribution in [3.8, 4) is 11.1 Å². The maximum absolute atomic E-state index is 12.8. The second-order valence-corrected chi connectivity index (χ2v) is 9.02. The fourth-order valence-corrected chi connectivity index (χ4v) is 4.04. The summed E-state index contributed by atoms with van der Waals surface area (Å²) in [6, 6.07) is 0.472. The summed E-state index contributed by atoms with van der Waals surface area (Å²) in [5.41, 5.74) is 1.44. The highest BCUT2D eigenvalue weighted by Crippen LogP contribution is 2.30. The van der Waals surface area contributed by atoms with E-state index in [0.29, 0.717) is 5.95 Å². The van der Waals surface area contributed by atoms with Crippen LogP contribution in [-0.4, -0.2) is 54.5 Å². The van der Waals surface area contributed by atoms with E-state index in [9.17, 15) is 4.79 Å². The lowest BCUT2D eigenvalue weighted by Gasteiger charge is -2.45. The van der Waals surface area contributed by atoms with Gasteiger partial charge in [-0.2, -0.15) is 5.10 Å². The lowest BCUT2D eigenvalue weighted by molar-refractivity contribution is -0.00812. The van der Waals surface area contributed by atoms with Gasteiger partial charge in [0.25, 0.3) is 0 Å². The number of likely N-dealkylation sites (tertiary alicyclic amines) is 1. The summed E-state index contributed by atoms with van der Waals surface area (Å²) in [4.78, 5) is 23.8. The number of ether oxygens (including phenoxy) is 1. The molecule has 8 nitrogen and oxygen atoms in total. The molecule has 1 unspecified atom stereocenters. The fraction of sp³-hybridized carbons (Fsp3) is 0.636. The summed E-state index contributed by atoms with van der Waals surface area (Å²) >= 11 is 0. The first-order valence-electron chi connectivity index (χ1n) is 10.8. The van der Waals surface area contributed by atoms with Crippen LogP contribution in [0.1, 0.15) is 60.3 Å². The summed E-state index contributed by atoms with van der Waals surface area (Å²) < 4.78 is 7.45. The Morgan fingerprint density at radius 3 is 2.17 bits per heavy atom. The van der Waals surface area contributed by atoms with Crippen molar-refractivity contribution in [2.45, 2.75) is 84.0 Å². The number of aryl methyl sites for hydroxylation is 1. The molecule has 3 heterocycles. The minimum atomic E-state index is -0.493. The summed E-state index contributed by atoms with van der Waals surface area (Å²) in [6.45, 7) is 9.97. The van der Waals surface area contributed by atoms with Crippen molar-refractivity contribution in [2.24, 2.45) is 7.05 Å². The first-order chi connectivity index (χ1) is 14.2. The molecule has 0 saturated carbocycles. The van der Waals surface area contributed by atoms with Gasteiger partial charge in [0.1, 0.15) is 5.60 Å². The molecule has 3 atom stereocenters. The Morgan fingerprint density at radius 1 is 1.10 bits per heavy atom. The average molecular weight is 415 g/mol. The molecule has 164 valence electrons. The molecule has 1 N–H and O–H groups in total. The molecule has 1 aliphatic heterocycles. The number of nitrogens with zero attached hydrogens (tertiary/aromatic N) is 5. The van der Waals surface area contributed by atoms with Crippen molar-refractivity contribution in [1.82, 2.24) is 24.6 Å². The van der Waals surface area contributed by atoms with Crippen LogP contribution >= 0.6 is 0 Å². The zero-order chi connectivity index (χ0) is 21.9. The van der Waals surface area contributed by atoms with Gasteiger partial charge in [0.2, 0.25) is 5.95 Å². The largest absolute Gasteiger partial charge is 0.444 e. The molecule has 1 amide bonds. The molecule has 0 radical (unpaired) electrons. The summed E-state index contributed by atoms with van der Waals surface area (Å²) in [5.74, 6) is 0.614. The first-order valence-corrected chi connectivity index (χ1v) is 10.8. The second kappa shape index (κ2) is 9.02. The van der Waals surface area contributed by atoms with E-state index in [1.807, 2.05) is 51.3 Å². The third-order valence-corrected chi connectivity index (χ3v) is 5.47. The highest BCUT2D eigenvalue weighted by atomic mass is 16.6. The normalized spacial score (nSPS) is 22.1. The Morgan fingerprint density at radius 2 is 1.70 bits per heavy atom. The highest BCUT2D eigenvalue weighted by molar-refractivity contribution is 5.69. The van der Waals surface area contributed by atoms with Crippen molar-refractivity contribution in [3.05, 3.63) is 24.8 Å². The number of aromatic nitrogens is 4. The molecule has 2 aromatic heterocycles. The van der Waals surface area contributed by atoms with Crippen molar-refractivity contribution in [1.29, 1.82) is 0 Å². The Kier molecular flexibility index (Phi) is 6.63. The Bertz CT molecular complexity index is 828. The van der Waals surface area contributed by atoms with E-state index in [2.05, 4.69) is 34.2 Å². The third kappa shape index (κ3) is 5.29. The number of hydrogen-bond acceptors (Lipinski definition) is 6. The molecule has 1 saturated heterocycles. The van der Waals surface area contributed by atoms with Gasteiger partial charge in [0.05, 0.1) is 6.20 Å². The summed E-state index contributed by atoms with van der Waals surface area (Å²) in [5, 5.41) is 7.67. The minimum Gasteiger partial charge on any atom is -0.444 e. The molecule has 1 fully saturated rings. The molecule has 0 aliphatic carbocycles. The van der Waals surface area contributed by atoms with Crippen LogP contribution in [-0.2, 0) is 11.8 Å².